The van der Waals surface area contributed by atoms with E-state index >= 15 is 0 Å². The molecule has 0 bridgehead atoms. The summed E-state index contributed by atoms with van der Waals surface area (Å²) < 4.78 is 1.38. The van der Waals surface area contributed by atoms with E-state index in [0.717, 1.165) is 5.57 Å². The minimum atomic E-state index is -0.989. The number of amides is 1. The molecule has 3 atom stereocenters. The third-order valence-electron chi connectivity index (χ3n) is 6.83. The van der Waals surface area contributed by atoms with Crippen molar-refractivity contribution in [2.24, 2.45) is 5.92 Å². The lowest BCUT2D eigenvalue weighted by molar-refractivity contribution is -0.137. The molecule has 3 aromatic rings. The second-order valence-electron chi connectivity index (χ2n) is 10.1. The quantitative estimate of drug-likeness (QED) is 0.397. The first kappa shape index (κ1) is 26.7. The van der Waals surface area contributed by atoms with Gasteiger partial charge in [-0.25, -0.2) is 4.98 Å². The first-order valence-corrected chi connectivity index (χ1v) is 13.5. The van der Waals surface area contributed by atoms with Gasteiger partial charge < -0.3 is 10.4 Å². The molecule has 7 nitrogen and oxygen atoms in total. The van der Waals surface area contributed by atoms with Gasteiger partial charge in [-0.3, -0.25) is 19.0 Å². The van der Waals surface area contributed by atoms with Crippen LogP contribution in [0, 0.1) is 19.8 Å². The molecule has 4 rings (SSSR count). The van der Waals surface area contributed by atoms with Crippen LogP contribution in [0.1, 0.15) is 61.1 Å². The Morgan fingerprint density at radius 1 is 1.14 bits per heavy atom. The molecular weight excluding hydrogens is 486 g/mol. The van der Waals surface area contributed by atoms with E-state index in [1.807, 2.05) is 31.4 Å². The monoisotopic (exact) mass is 519 g/mol. The molecule has 2 heterocycles. The minimum Gasteiger partial charge on any atom is -0.481 e. The first-order chi connectivity index (χ1) is 17.7. The summed E-state index contributed by atoms with van der Waals surface area (Å²) in [6.07, 6.45) is 2.27. The van der Waals surface area contributed by atoms with Crippen molar-refractivity contribution < 1.29 is 14.7 Å². The molecule has 0 saturated heterocycles. The number of nitrogens with one attached hydrogen (secondary N) is 1. The van der Waals surface area contributed by atoms with Crippen molar-refractivity contribution in [2.75, 3.05) is 0 Å². The van der Waals surface area contributed by atoms with Gasteiger partial charge in [0.15, 0.2) is 0 Å². The fourth-order valence-corrected chi connectivity index (χ4v) is 6.42. The Kier molecular flexibility index (Phi) is 8.17. The second kappa shape index (κ2) is 11.3. The molecule has 194 valence electrons. The number of carboxylic acid groups (broad SMARTS) is 1. The number of aliphatic carboxylic acids is 1. The van der Waals surface area contributed by atoms with E-state index in [-0.39, 0.29) is 29.1 Å². The maximum atomic E-state index is 13.7. The third kappa shape index (κ3) is 5.96. The average Bonchev–Trinajstić information content (AvgIpc) is 3.32. The largest absolute Gasteiger partial charge is 0.481 e. The van der Waals surface area contributed by atoms with Crippen LogP contribution in [-0.4, -0.2) is 32.6 Å². The Bertz CT molecular complexity index is 1390. The van der Waals surface area contributed by atoms with Gasteiger partial charge in [0.25, 0.3) is 5.56 Å². The van der Waals surface area contributed by atoms with E-state index in [1.54, 1.807) is 30.0 Å². The smallest absolute Gasteiger partial charge is 0.305 e. The molecule has 1 aliphatic rings. The van der Waals surface area contributed by atoms with Crippen LogP contribution in [0.4, 0.5) is 0 Å². The molecule has 2 aromatic carbocycles. The van der Waals surface area contributed by atoms with Gasteiger partial charge in [-0.2, -0.15) is 0 Å². The number of thioether (sulfide) groups is 1. The predicted octanol–water partition coefficient (Wildman–Crippen LogP) is 5.32. The highest BCUT2D eigenvalue weighted by Gasteiger charge is 2.32. The second-order valence-corrected chi connectivity index (χ2v) is 11.2. The summed E-state index contributed by atoms with van der Waals surface area (Å²) in [4.78, 5) is 43.1. The van der Waals surface area contributed by atoms with Crippen LogP contribution in [-0.2, 0) is 9.59 Å². The molecule has 8 heteroatoms. The lowest BCUT2D eigenvalue weighted by Crippen LogP contribution is -2.44. The fourth-order valence-electron chi connectivity index (χ4n) is 5.03. The van der Waals surface area contributed by atoms with Crippen LogP contribution < -0.4 is 10.9 Å². The number of aromatic nitrogens is 2. The van der Waals surface area contributed by atoms with Gasteiger partial charge in [0.2, 0.25) is 5.91 Å². The van der Waals surface area contributed by atoms with Crippen molar-refractivity contribution in [1.29, 1.82) is 0 Å². The van der Waals surface area contributed by atoms with Gasteiger partial charge in [-0.05, 0) is 72.4 Å². The van der Waals surface area contributed by atoms with Gasteiger partial charge >= 0.3 is 5.97 Å². The summed E-state index contributed by atoms with van der Waals surface area (Å²) in [7, 11) is 0. The number of hydrogen-bond acceptors (Lipinski definition) is 5. The minimum absolute atomic E-state index is 0.127. The molecule has 1 amide bonds. The normalized spacial score (nSPS) is 17.0. The van der Waals surface area contributed by atoms with E-state index in [1.165, 1.54) is 27.6 Å². The predicted molar refractivity (Wildman–Crippen MR) is 148 cm³/mol. The third-order valence-corrected chi connectivity index (χ3v) is 8.00. The molecule has 0 radical (unpaired) electrons. The van der Waals surface area contributed by atoms with E-state index in [0.29, 0.717) is 23.7 Å². The van der Waals surface area contributed by atoms with E-state index in [9.17, 15) is 19.5 Å². The van der Waals surface area contributed by atoms with Crippen molar-refractivity contribution >= 4 is 34.5 Å². The molecule has 1 aliphatic heterocycles. The fraction of sp³-hybridized carbons (Fsp3) is 0.379. The standard InChI is InChI=1S/C29H33N3O4S/c1-17(2)12-24(32-16-30-22-11-6-5-10-21(22)29(32)36)28(35)31-23(14-26(33)34)20-13-25(37-15-20)27-18(3)8-7-9-19(27)4/h5-11,15-17,23-25H,12-14H2,1-4H3,(H,31,35)(H,33,34)/t23-,24-,25?/m0/s1. The number of carbonyl (C=O) groups is 2. The molecule has 1 aromatic heterocycles. The van der Waals surface area contributed by atoms with Crippen LogP contribution in [0.15, 0.2) is 64.6 Å². The molecule has 1 unspecified atom stereocenters. The number of carbonyl (C=O) groups excluding carboxylic acids is 1. The van der Waals surface area contributed by atoms with Crippen molar-refractivity contribution in [1.82, 2.24) is 14.9 Å². The van der Waals surface area contributed by atoms with Crippen LogP contribution >= 0.6 is 11.8 Å². The Labute approximate surface area is 221 Å². The zero-order valence-corrected chi connectivity index (χ0v) is 22.4. The zero-order valence-electron chi connectivity index (χ0n) is 21.6. The van der Waals surface area contributed by atoms with Gasteiger partial charge in [0.1, 0.15) is 6.04 Å². The molecule has 0 spiro atoms. The van der Waals surface area contributed by atoms with Gasteiger partial charge in [0.05, 0.1) is 29.7 Å². The van der Waals surface area contributed by atoms with Crippen LogP contribution in [0.25, 0.3) is 10.9 Å². The number of hydrogen-bond donors (Lipinski definition) is 2. The highest BCUT2D eigenvalue weighted by atomic mass is 32.2. The number of carboxylic acids is 1. The van der Waals surface area contributed by atoms with Gasteiger partial charge in [-0.1, -0.05) is 44.2 Å². The summed E-state index contributed by atoms with van der Waals surface area (Å²) in [6.45, 7) is 8.14. The number of benzene rings is 2. The summed E-state index contributed by atoms with van der Waals surface area (Å²) in [5, 5.41) is 15.2. The molecule has 0 fully saturated rings. The highest BCUT2D eigenvalue weighted by molar-refractivity contribution is 8.02. The molecule has 0 aliphatic carbocycles. The van der Waals surface area contributed by atoms with Crippen LogP contribution in [0.5, 0.6) is 0 Å². The molecule has 2 N–H and O–H groups in total. The number of fused-ring (bicyclic) bond motifs is 1. The topological polar surface area (TPSA) is 101 Å². The van der Waals surface area contributed by atoms with Crippen LogP contribution in [0.2, 0.25) is 0 Å². The van der Waals surface area contributed by atoms with Crippen molar-refractivity contribution in [3.05, 3.63) is 86.8 Å². The lowest BCUT2D eigenvalue weighted by Gasteiger charge is -2.25. The Hall–Kier alpha value is -3.39. The summed E-state index contributed by atoms with van der Waals surface area (Å²) in [5.74, 6) is -1.24. The van der Waals surface area contributed by atoms with Crippen molar-refractivity contribution in [2.45, 2.75) is 64.3 Å². The van der Waals surface area contributed by atoms with Gasteiger partial charge in [-0.15, -0.1) is 11.8 Å². The Morgan fingerprint density at radius 3 is 2.51 bits per heavy atom. The summed E-state index contributed by atoms with van der Waals surface area (Å²) in [5.41, 5.74) is 4.83. The SMILES string of the molecule is Cc1cccc(C)c1C1CC([C@H](CC(=O)O)NC(=O)[C@H](CC(C)C)n2cnc3ccccc3c2=O)=CS1. The number of nitrogens with zero attached hydrogens (tertiary/aromatic N) is 2. The zero-order chi connectivity index (χ0) is 26.7. The molecule has 0 saturated carbocycles. The van der Waals surface area contributed by atoms with E-state index in [2.05, 4.69) is 36.3 Å². The average molecular weight is 520 g/mol. The summed E-state index contributed by atoms with van der Waals surface area (Å²) in [6, 6.07) is 11.8. The Balaban J connectivity index is 1.61. The van der Waals surface area contributed by atoms with E-state index in [4.69, 9.17) is 0 Å². The summed E-state index contributed by atoms with van der Waals surface area (Å²) >= 11 is 1.66. The van der Waals surface area contributed by atoms with Gasteiger partial charge in [0, 0.05) is 5.25 Å². The lowest BCUT2D eigenvalue weighted by atomic mass is 9.93. The van der Waals surface area contributed by atoms with Crippen molar-refractivity contribution in [3.63, 3.8) is 0 Å². The molecular formula is C29H33N3O4S. The molecule has 37 heavy (non-hydrogen) atoms. The van der Waals surface area contributed by atoms with Crippen molar-refractivity contribution in [3.8, 4) is 0 Å². The van der Waals surface area contributed by atoms with E-state index < -0.39 is 18.1 Å². The number of rotatable bonds is 9. The highest BCUT2D eigenvalue weighted by Crippen LogP contribution is 2.45. The maximum absolute atomic E-state index is 13.7. The number of para-hydroxylation sites is 1. The Morgan fingerprint density at radius 2 is 1.84 bits per heavy atom. The number of aryl methyl sites for hydroxylation is 2. The first-order valence-electron chi connectivity index (χ1n) is 12.5. The van der Waals surface area contributed by atoms with Crippen LogP contribution in [0.3, 0.4) is 0 Å². The maximum Gasteiger partial charge on any atom is 0.305 e.